The van der Waals surface area contributed by atoms with Crippen LogP contribution in [0.25, 0.3) is 0 Å². The number of hydrogen-bond acceptors (Lipinski definition) is 1. The number of thioether (sulfide) groups is 1. The van der Waals surface area contributed by atoms with Crippen molar-refractivity contribution >= 4 is 11.8 Å². The minimum Gasteiger partial charge on any atom is -0.154 e. The predicted octanol–water partition coefficient (Wildman–Crippen LogP) is 3.13. The predicted molar refractivity (Wildman–Crippen MR) is 51.7 cm³/mol. The first-order chi connectivity index (χ1) is 5.29. The van der Waals surface area contributed by atoms with Crippen molar-refractivity contribution in [1.29, 1.82) is 0 Å². The Morgan fingerprint density at radius 1 is 1.45 bits per heavy atom. The van der Waals surface area contributed by atoms with Gasteiger partial charge >= 0.3 is 0 Å². The van der Waals surface area contributed by atoms with Crippen molar-refractivity contribution in [1.82, 2.24) is 0 Å². The van der Waals surface area contributed by atoms with E-state index in [-0.39, 0.29) is 0 Å². The van der Waals surface area contributed by atoms with Crippen LogP contribution in [0, 0.1) is 6.07 Å². The van der Waals surface area contributed by atoms with Crippen molar-refractivity contribution in [3.8, 4) is 0 Å². The summed E-state index contributed by atoms with van der Waals surface area (Å²) in [6.45, 7) is 4.43. The molecule has 0 aliphatic heterocycles. The summed E-state index contributed by atoms with van der Waals surface area (Å²) in [5.74, 6) is 1.08. The molecule has 0 aliphatic rings. The Hall–Kier alpha value is -0.430. The van der Waals surface area contributed by atoms with Gasteiger partial charge < -0.3 is 0 Å². The van der Waals surface area contributed by atoms with Crippen molar-refractivity contribution in [3.63, 3.8) is 0 Å². The van der Waals surface area contributed by atoms with Crippen LogP contribution >= 0.6 is 11.8 Å². The molecule has 1 radical (unpaired) electrons. The Morgan fingerprint density at radius 2 is 2.27 bits per heavy atom. The molecule has 0 bridgehead atoms. The summed E-state index contributed by atoms with van der Waals surface area (Å²) < 4.78 is 0. The summed E-state index contributed by atoms with van der Waals surface area (Å²) >= 11 is 1.95. The normalized spacial score (nSPS) is 10.5. The summed E-state index contributed by atoms with van der Waals surface area (Å²) in [7, 11) is 0. The molecule has 0 saturated heterocycles. The Labute approximate surface area is 73.0 Å². The fourth-order valence-corrected chi connectivity index (χ4v) is 1.47. The molecular formula is C10H13S. The van der Waals surface area contributed by atoms with Gasteiger partial charge in [0.25, 0.3) is 0 Å². The van der Waals surface area contributed by atoms with Crippen molar-refractivity contribution in [2.75, 3.05) is 0 Å². The van der Waals surface area contributed by atoms with Gasteiger partial charge in [-0.25, -0.2) is 0 Å². The summed E-state index contributed by atoms with van der Waals surface area (Å²) in [6, 6.07) is 11.4. The summed E-state index contributed by atoms with van der Waals surface area (Å²) in [4.78, 5) is 0. The highest BCUT2D eigenvalue weighted by Crippen LogP contribution is 2.15. The van der Waals surface area contributed by atoms with Gasteiger partial charge in [0.2, 0.25) is 0 Å². The molecule has 1 heteroatoms. The zero-order chi connectivity index (χ0) is 8.10. The van der Waals surface area contributed by atoms with Crippen molar-refractivity contribution < 1.29 is 0 Å². The largest absolute Gasteiger partial charge is 0.154 e. The lowest BCUT2D eigenvalue weighted by Crippen LogP contribution is -1.88. The average Bonchev–Trinajstić information content (AvgIpc) is 2.03. The van der Waals surface area contributed by atoms with Gasteiger partial charge in [0.1, 0.15) is 0 Å². The minimum absolute atomic E-state index is 0.712. The molecule has 1 rings (SSSR count). The Morgan fingerprint density at radius 3 is 2.82 bits per heavy atom. The van der Waals surface area contributed by atoms with Crippen molar-refractivity contribution in [2.24, 2.45) is 0 Å². The van der Waals surface area contributed by atoms with Crippen LogP contribution in [0.4, 0.5) is 0 Å². The average molecular weight is 165 g/mol. The third kappa shape index (κ3) is 3.47. The molecule has 0 spiro atoms. The van der Waals surface area contributed by atoms with Gasteiger partial charge in [-0.2, -0.15) is 11.8 Å². The summed E-state index contributed by atoms with van der Waals surface area (Å²) in [5.41, 5.74) is 1.30. The quantitative estimate of drug-likeness (QED) is 0.663. The van der Waals surface area contributed by atoms with Crippen LogP contribution in [0.3, 0.4) is 0 Å². The molecule has 1 aromatic rings. The molecule has 0 amide bonds. The van der Waals surface area contributed by atoms with Gasteiger partial charge in [0.05, 0.1) is 0 Å². The topological polar surface area (TPSA) is 0 Å². The Balaban J connectivity index is 2.39. The molecular weight excluding hydrogens is 152 g/mol. The third-order valence-corrected chi connectivity index (χ3v) is 2.49. The maximum atomic E-state index is 3.20. The van der Waals surface area contributed by atoms with E-state index in [9.17, 15) is 0 Å². The highest BCUT2D eigenvalue weighted by molar-refractivity contribution is 7.99. The van der Waals surface area contributed by atoms with E-state index < -0.39 is 0 Å². The molecule has 1 aromatic carbocycles. The second-order valence-corrected chi connectivity index (χ2v) is 4.31. The van der Waals surface area contributed by atoms with Gasteiger partial charge in [-0.3, -0.25) is 0 Å². The van der Waals surface area contributed by atoms with Crippen LogP contribution in [-0.4, -0.2) is 5.25 Å². The monoisotopic (exact) mass is 165 g/mol. The molecule has 0 unspecified atom stereocenters. The van der Waals surface area contributed by atoms with Gasteiger partial charge in [-0.05, 0) is 16.9 Å². The lowest BCUT2D eigenvalue weighted by Gasteiger charge is -2.03. The molecule has 59 valence electrons. The molecule has 0 aromatic heterocycles. The molecule has 0 atom stereocenters. The van der Waals surface area contributed by atoms with Crippen LogP contribution in [0.2, 0.25) is 0 Å². The zero-order valence-electron chi connectivity index (χ0n) is 7.00. The van der Waals surface area contributed by atoms with E-state index in [0.717, 1.165) is 5.75 Å². The standard InChI is InChI=1S/C10H13S/c1-9(2)11-8-10-6-4-3-5-7-10/h3-6,9H,8H2,1-2H3. The molecule has 0 fully saturated rings. The van der Waals surface area contributed by atoms with Gasteiger partial charge in [0.15, 0.2) is 0 Å². The fourth-order valence-electron chi connectivity index (χ4n) is 0.777. The van der Waals surface area contributed by atoms with E-state index in [2.05, 4.69) is 32.0 Å². The van der Waals surface area contributed by atoms with Crippen LogP contribution in [-0.2, 0) is 5.75 Å². The minimum atomic E-state index is 0.712. The summed E-state index contributed by atoms with van der Waals surface area (Å²) in [5, 5.41) is 0.712. The van der Waals surface area contributed by atoms with Crippen LogP contribution in [0.5, 0.6) is 0 Å². The van der Waals surface area contributed by atoms with Crippen LogP contribution in [0.1, 0.15) is 19.4 Å². The van der Waals surface area contributed by atoms with Crippen molar-refractivity contribution in [3.05, 3.63) is 35.9 Å². The van der Waals surface area contributed by atoms with E-state index in [0.29, 0.717) is 5.25 Å². The van der Waals surface area contributed by atoms with Gasteiger partial charge in [-0.15, -0.1) is 0 Å². The number of benzene rings is 1. The zero-order valence-corrected chi connectivity index (χ0v) is 7.82. The highest BCUT2D eigenvalue weighted by atomic mass is 32.2. The first-order valence-electron chi connectivity index (χ1n) is 3.86. The molecule has 0 N–H and O–H groups in total. The van der Waals surface area contributed by atoms with Gasteiger partial charge in [0, 0.05) is 5.75 Å². The van der Waals surface area contributed by atoms with E-state index >= 15 is 0 Å². The second kappa shape index (κ2) is 4.45. The molecule has 0 saturated carbocycles. The lowest BCUT2D eigenvalue weighted by molar-refractivity contribution is 1.11. The van der Waals surface area contributed by atoms with E-state index in [1.807, 2.05) is 23.9 Å². The molecule has 0 aliphatic carbocycles. The van der Waals surface area contributed by atoms with Crippen LogP contribution < -0.4 is 0 Å². The summed E-state index contributed by atoms with van der Waals surface area (Å²) in [6.07, 6.45) is 0. The lowest BCUT2D eigenvalue weighted by atomic mass is 10.2. The molecule has 0 nitrogen and oxygen atoms in total. The van der Waals surface area contributed by atoms with E-state index in [1.165, 1.54) is 5.56 Å². The molecule has 0 heterocycles. The van der Waals surface area contributed by atoms with Crippen LogP contribution in [0.15, 0.2) is 24.3 Å². The fraction of sp³-hybridized carbons (Fsp3) is 0.400. The Bertz CT molecular complexity index is 191. The van der Waals surface area contributed by atoms with Gasteiger partial charge in [-0.1, -0.05) is 38.1 Å². The smallest absolute Gasteiger partial charge is 0.0193 e. The third-order valence-electron chi connectivity index (χ3n) is 1.35. The first-order valence-corrected chi connectivity index (χ1v) is 4.91. The second-order valence-electron chi connectivity index (χ2n) is 2.75. The SMILES string of the molecule is CC(C)SCc1[c]cccc1. The molecule has 11 heavy (non-hydrogen) atoms. The first kappa shape index (κ1) is 8.66. The number of hydrogen-bond donors (Lipinski definition) is 0. The van der Waals surface area contributed by atoms with Crippen molar-refractivity contribution in [2.45, 2.75) is 24.9 Å². The van der Waals surface area contributed by atoms with E-state index in [4.69, 9.17) is 0 Å². The maximum absolute atomic E-state index is 3.20. The highest BCUT2D eigenvalue weighted by Gasteiger charge is 1.94. The Kier molecular flexibility index (Phi) is 3.50. The maximum Gasteiger partial charge on any atom is 0.0193 e. The van der Waals surface area contributed by atoms with E-state index in [1.54, 1.807) is 0 Å². The number of rotatable bonds is 3.